The molecule has 0 spiro atoms. The topological polar surface area (TPSA) is 15.6 Å². The Morgan fingerprint density at radius 2 is 2.00 bits per heavy atom. The lowest BCUT2D eigenvalue weighted by Crippen LogP contribution is -2.27. The van der Waals surface area contributed by atoms with Crippen LogP contribution in [0.4, 0.5) is 0 Å². The number of rotatable bonds is 2. The minimum absolute atomic E-state index is 0.306. The molecule has 0 aliphatic carbocycles. The van der Waals surface area contributed by atoms with Crippen LogP contribution in [-0.2, 0) is 0 Å². The summed E-state index contributed by atoms with van der Waals surface area (Å²) in [6.45, 7) is 0. The number of halogens is 1. The van der Waals surface area contributed by atoms with E-state index >= 15 is 0 Å². The van der Waals surface area contributed by atoms with Crippen molar-refractivity contribution < 1.29 is 0 Å². The number of hydrazone groups is 1. The lowest BCUT2D eigenvalue weighted by molar-refractivity contribution is 0.259. The fourth-order valence-corrected chi connectivity index (χ4v) is 5.16. The third-order valence-corrected chi connectivity index (χ3v) is 6.67. The molecule has 2 aliphatic heterocycles. The summed E-state index contributed by atoms with van der Waals surface area (Å²) in [6.07, 6.45) is 2.11. The number of hydrogen-bond acceptors (Lipinski definition) is 4. The highest BCUT2D eigenvalue weighted by molar-refractivity contribution is 7.99. The summed E-state index contributed by atoms with van der Waals surface area (Å²) in [5, 5.41) is 7.76. The zero-order valence-electron chi connectivity index (χ0n) is 13.0. The normalized spacial score (nSPS) is 22.6. The maximum Gasteiger partial charge on any atom is 0.0809 e. The molecule has 2 atom stereocenters. The number of hydrogen-bond donors (Lipinski definition) is 0. The fourth-order valence-electron chi connectivity index (χ4n) is 3.40. The first kappa shape index (κ1) is 15.4. The molecular formula is C18H17ClN2S2. The van der Waals surface area contributed by atoms with E-state index in [4.69, 9.17) is 16.7 Å². The summed E-state index contributed by atoms with van der Waals surface area (Å²) < 4.78 is 0. The molecule has 118 valence electrons. The maximum absolute atomic E-state index is 6.21. The molecular weight excluding hydrogens is 344 g/mol. The minimum atomic E-state index is 0.306. The molecule has 2 unspecified atom stereocenters. The van der Waals surface area contributed by atoms with E-state index < -0.39 is 0 Å². The van der Waals surface area contributed by atoms with E-state index in [-0.39, 0.29) is 0 Å². The molecule has 4 rings (SSSR count). The number of thioether (sulfide) groups is 2. The number of fused-ring (bicyclic) bond motifs is 3. The van der Waals surface area contributed by atoms with Crippen molar-refractivity contribution in [3.63, 3.8) is 0 Å². The monoisotopic (exact) mass is 360 g/mol. The summed E-state index contributed by atoms with van der Waals surface area (Å²) in [6, 6.07) is 15.3. The van der Waals surface area contributed by atoms with Crippen LogP contribution in [-0.4, -0.2) is 29.8 Å². The molecule has 0 bridgehead atoms. The van der Waals surface area contributed by atoms with Crippen molar-refractivity contribution in [2.45, 2.75) is 15.8 Å². The first-order valence-electron chi connectivity index (χ1n) is 7.55. The van der Waals surface area contributed by atoms with Gasteiger partial charge >= 0.3 is 0 Å². The van der Waals surface area contributed by atoms with Gasteiger partial charge in [0.05, 0.1) is 11.8 Å². The highest BCUT2D eigenvalue weighted by Gasteiger charge is 2.40. The Morgan fingerprint density at radius 1 is 1.22 bits per heavy atom. The van der Waals surface area contributed by atoms with Gasteiger partial charge in [-0.1, -0.05) is 23.7 Å². The van der Waals surface area contributed by atoms with Crippen LogP contribution in [0.15, 0.2) is 57.4 Å². The Kier molecular flexibility index (Phi) is 4.08. The third-order valence-electron chi connectivity index (χ3n) is 4.49. The molecule has 2 heterocycles. The fraction of sp³-hybridized carbons (Fsp3) is 0.278. The first-order chi connectivity index (χ1) is 11.2. The van der Waals surface area contributed by atoms with Crippen LogP contribution < -0.4 is 0 Å². The molecule has 5 heteroatoms. The van der Waals surface area contributed by atoms with E-state index in [0.717, 1.165) is 10.8 Å². The van der Waals surface area contributed by atoms with E-state index in [9.17, 15) is 0 Å². The average molecular weight is 361 g/mol. The zero-order valence-corrected chi connectivity index (χ0v) is 15.4. The summed E-state index contributed by atoms with van der Waals surface area (Å²) >= 11 is 9.90. The Morgan fingerprint density at radius 3 is 2.74 bits per heavy atom. The van der Waals surface area contributed by atoms with Crippen LogP contribution in [0.5, 0.6) is 0 Å². The molecule has 2 aliphatic rings. The maximum atomic E-state index is 6.21. The molecule has 0 aromatic heterocycles. The molecule has 23 heavy (non-hydrogen) atoms. The molecule has 2 nitrogen and oxygen atoms in total. The third kappa shape index (κ3) is 2.67. The van der Waals surface area contributed by atoms with E-state index in [1.807, 2.05) is 17.8 Å². The second-order valence-electron chi connectivity index (χ2n) is 5.83. The van der Waals surface area contributed by atoms with Crippen molar-refractivity contribution in [1.82, 2.24) is 5.01 Å². The average Bonchev–Trinajstić information content (AvgIpc) is 2.91. The number of benzene rings is 2. The Balaban J connectivity index is 1.71. The Bertz CT molecular complexity index is 773. The summed E-state index contributed by atoms with van der Waals surface area (Å²) in [4.78, 5) is 2.59. The molecule has 2 aromatic carbocycles. The number of nitrogens with zero attached hydrogens (tertiary/aromatic N) is 2. The molecule has 0 saturated heterocycles. The Hall–Kier alpha value is -1.10. The van der Waals surface area contributed by atoms with Crippen molar-refractivity contribution in [2.75, 3.05) is 19.1 Å². The van der Waals surface area contributed by atoms with Crippen molar-refractivity contribution >= 4 is 40.8 Å². The molecule has 0 N–H and O–H groups in total. The highest BCUT2D eigenvalue weighted by Crippen LogP contribution is 2.45. The quantitative estimate of drug-likeness (QED) is 0.686. The molecule has 0 radical (unpaired) electrons. The van der Waals surface area contributed by atoms with Gasteiger partial charge in [-0.2, -0.15) is 5.10 Å². The van der Waals surface area contributed by atoms with E-state index in [2.05, 4.69) is 54.7 Å². The molecule has 0 amide bonds. The van der Waals surface area contributed by atoms with Gasteiger partial charge in [0, 0.05) is 39.1 Å². The summed E-state index contributed by atoms with van der Waals surface area (Å²) in [5.41, 5.74) is 3.72. The van der Waals surface area contributed by atoms with E-state index in [1.165, 1.54) is 26.6 Å². The smallest absolute Gasteiger partial charge is 0.0809 e. The van der Waals surface area contributed by atoms with Crippen LogP contribution in [0, 0.1) is 5.92 Å². The Labute approximate surface area is 150 Å². The van der Waals surface area contributed by atoms with Gasteiger partial charge in [0.25, 0.3) is 0 Å². The van der Waals surface area contributed by atoms with Crippen LogP contribution in [0.1, 0.15) is 17.2 Å². The predicted octanol–water partition coefficient (Wildman–Crippen LogP) is 5.17. The van der Waals surface area contributed by atoms with Gasteiger partial charge in [-0.15, -0.1) is 23.5 Å². The van der Waals surface area contributed by atoms with Crippen molar-refractivity contribution in [3.05, 3.63) is 58.6 Å². The second kappa shape index (κ2) is 6.08. The van der Waals surface area contributed by atoms with Crippen LogP contribution in [0.2, 0.25) is 5.02 Å². The first-order valence-corrected chi connectivity index (χ1v) is 10.1. The standard InChI is InChI=1S/C18H17ClN2S2/c1-21-18(11-3-6-13(22-2)7-4-11)15-10-23-16-8-5-12(19)9-14(16)17(15)20-21/h3-9,15,18H,10H2,1-2H3. The minimum Gasteiger partial charge on any atom is -0.292 e. The lowest BCUT2D eigenvalue weighted by atomic mass is 9.88. The van der Waals surface area contributed by atoms with Crippen molar-refractivity contribution in [1.29, 1.82) is 0 Å². The van der Waals surface area contributed by atoms with Crippen molar-refractivity contribution in [3.8, 4) is 0 Å². The van der Waals surface area contributed by atoms with Gasteiger partial charge in [-0.05, 0) is 42.2 Å². The second-order valence-corrected chi connectivity index (χ2v) is 8.21. The van der Waals surface area contributed by atoms with Gasteiger partial charge in [-0.25, -0.2) is 0 Å². The zero-order chi connectivity index (χ0) is 16.0. The molecule has 0 fully saturated rings. The lowest BCUT2D eigenvalue weighted by Gasteiger charge is -2.28. The van der Waals surface area contributed by atoms with Gasteiger partial charge < -0.3 is 0 Å². The van der Waals surface area contributed by atoms with Gasteiger partial charge in [0.2, 0.25) is 0 Å². The van der Waals surface area contributed by atoms with Gasteiger partial charge in [0.1, 0.15) is 0 Å². The van der Waals surface area contributed by atoms with Gasteiger partial charge in [-0.3, -0.25) is 5.01 Å². The van der Waals surface area contributed by atoms with Crippen LogP contribution in [0.3, 0.4) is 0 Å². The molecule has 2 aromatic rings. The molecule has 0 saturated carbocycles. The van der Waals surface area contributed by atoms with Crippen LogP contribution >= 0.6 is 35.1 Å². The predicted molar refractivity (Wildman–Crippen MR) is 101 cm³/mol. The van der Waals surface area contributed by atoms with E-state index in [0.29, 0.717) is 12.0 Å². The van der Waals surface area contributed by atoms with E-state index in [1.54, 1.807) is 11.8 Å². The summed E-state index contributed by atoms with van der Waals surface area (Å²) in [7, 11) is 2.08. The SMILES string of the molecule is CSc1ccc(C2C3CSc4ccc(Cl)cc4C3=NN2C)cc1. The largest absolute Gasteiger partial charge is 0.292 e. The van der Waals surface area contributed by atoms with Crippen molar-refractivity contribution in [2.24, 2.45) is 11.0 Å². The highest BCUT2D eigenvalue weighted by atomic mass is 35.5. The van der Waals surface area contributed by atoms with Gasteiger partial charge in [0.15, 0.2) is 0 Å². The van der Waals surface area contributed by atoms with Crippen LogP contribution in [0.25, 0.3) is 0 Å². The summed E-state index contributed by atoms with van der Waals surface area (Å²) in [5.74, 6) is 1.48.